The van der Waals surface area contributed by atoms with E-state index in [0.29, 0.717) is 6.54 Å². The van der Waals surface area contributed by atoms with Crippen LogP contribution in [-0.4, -0.2) is 22.4 Å². The lowest BCUT2D eigenvalue weighted by Gasteiger charge is -1.99. The molecule has 1 amide bonds. The van der Waals surface area contributed by atoms with Crippen molar-refractivity contribution in [2.45, 2.75) is 6.92 Å². The first-order valence-corrected chi connectivity index (χ1v) is 4.03. The zero-order valence-corrected chi connectivity index (χ0v) is 7.56. The maximum Gasteiger partial charge on any atom is 0.287 e. The van der Waals surface area contributed by atoms with Crippen molar-refractivity contribution in [2.75, 3.05) is 6.54 Å². The monoisotopic (exact) mass is 195 g/mol. The van der Waals surface area contributed by atoms with E-state index in [2.05, 4.69) is 10.3 Å². The molecule has 0 saturated carbocycles. The number of hydrogen-bond donors (Lipinski definition) is 1. The maximum atomic E-state index is 11.2. The molecule has 0 saturated heterocycles. The van der Waals surface area contributed by atoms with Gasteiger partial charge in [-0.05, 0) is 13.0 Å². The number of nitro groups is 1. The molecule has 0 aliphatic carbocycles. The van der Waals surface area contributed by atoms with Crippen LogP contribution in [0.15, 0.2) is 18.3 Å². The quantitative estimate of drug-likeness (QED) is 0.569. The van der Waals surface area contributed by atoms with Gasteiger partial charge in [0.1, 0.15) is 11.9 Å². The average Bonchev–Trinajstić information content (AvgIpc) is 2.18. The van der Waals surface area contributed by atoms with Crippen molar-refractivity contribution in [3.8, 4) is 0 Å². The van der Waals surface area contributed by atoms with Crippen LogP contribution in [0.1, 0.15) is 17.4 Å². The maximum absolute atomic E-state index is 11.2. The van der Waals surface area contributed by atoms with E-state index >= 15 is 0 Å². The third kappa shape index (κ3) is 2.25. The zero-order chi connectivity index (χ0) is 10.6. The molecule has 0 fully saturated rings. The number of rotatable bonds is 3. The molecule has 6 heteroatoms. The fourth-order valence-corrected chi connectivity index (χ4v) is 0.879. The lowest BCUT2D eigenvalue weighted by atomic mass is 10.3. The number of carbonyl (C=O) groups excluding carboxylic acids is 1. The molecule has 1 rings (SSSR count). The zero-order valence-electron chi connectivity index (χ0n) is 7.56. The summed E-state index contributed by atoms with van der Waals surface area (Å²) in [6, 6.07) is 2.57. The first-order valence-electron chi connectivity index (χ1n) is 4.03. The second-order valence-corrected chi connectivity index (χ2v) is 2.52. The lowest BCUT2D eigenvalue weighted by Crippen LogP contribution is -2.23. The van der Waals surface area contributed by atoms with Crippen LogP contribution in [0.3, 0.4) is 0 Å². The Morgan fingerprint density at radius 3 is 2.79 bits per heavy atom. The molecule has 14 heavy (non-hydrogen) atoms. The van der Waals surface area contributed by atoms with Gasteiger partial charge in [-0.3, -0.25) is 14.9 Å². The Hall–Kier alpha value is -1.98. The highest BCUT2D eigenvalue weighted by Gasteiger charge is 2.09. The van der Waals surface area contributed by atoms with E-state index in [1.54, 1.807) is 6.92 Å². The Morgan fingerprint density at radius 2 is 2.36 bits per heavy atom. The second-order valence-electron chi connectivity index (χ2n) is 2.52. The first kappa shape index (κ1) is 10.1. The molecule has 0 bridgehead atoms. The van der Waals surface area contributed by atoms with Gasteiger partial charge in [-0.1, -0.05) is 0 Å². The van der Waals surface area contributed by atoms with Crippen molar-refractivity contribution in [1.29, 1.82) is 0 Å². The molecule has 0 spiro atoms. The minimum absolute atomic E-state index is 0.127. The van der Waals surface area contributed by atoms with Gasteiger partial charge in [0.15, 0.2) is 0 Å². The fraction of sp³-hybridized carbons (Fsp3) is 0.250. The van der Waals surface area contributed by atoms with Crippen LogP contribution >= 0.6 is 0 Å². The van der Waals surface area contributed by atoms with Crippen molar-refractivity contribution < 1.29 is 9.72 Å². The second kappa shape index (κ2) is 4.31. The van der Waals surface area contributed by atoms with Crippen molar-refractivity contribution in [2.24, 2.45) is 0 Å². The van der Waals surface area contributed by atoms with E-state index in [0.717, 1.165) is 6.20 Å². The number of carbonyl (C=O) groups is 1. The van der Waals surface area contributed by atoms with E-state index in [9.17, 15) is 14.9 Å². The van der Waals surface area contributed by atoms with Crippen LogP contribution in [-0.2, 0) is 0 Å². The third-order valence-corrected chi connectivity index (χ3v) is 1.53. The highest BCUT2D eigenvalue weighted by Crippen LogP contribution is 2.08. The number of nitrogens with zero attached hydrogens (tertiary/aromatic N) is 2. The molecule has 0 radical (unpaired) electrons. The predicted octanol–water partition coefficient (Wildman–Crippen LogP) is 0.740. The summed E-state index contributed by atoms with van der Waals surface area (Å²) in [5.74, 6) is -0.331. The molecule has 0 atom stereocenters. The summed E-state index contributed by atoms with van der Waals surface area (Å²) in [5, 5.41) is 12.8. The average molecular weight is 195 g/mol. The van der Waals surface area contributed by atoms with Gasteiger partial charge in [0.25, 0.3) is 11.6 Å². The van der Waals surface area contributed by atoms with Crippen LogP contribution in [0.25, 0.3) is 0 Å². The van der Waals surface area contributed by atoms with Crippen LogP contribution in [0.5, 0.6) is 0 Å². The van der Waals surface area contributed by atoms with Gasteiger partial charge in [-0.2, -0.15) is 0 Å². The predicted molar refractivity (Wildman–Crippen MR) is 48.9 cm³/mol. The highest BCUT2D eigenvalue weighted by atomic mass is 16.6. The van der Waals surface area contributed by atoms with Crippen molar-refractivity contribution in [3.63, 3.8) is 0 Å². The third-order valence-electron chi connectivity index (χ3n) is 1.53. The van der Waals surface area contributed by atoms with Crippen LogP contribution in [0.2, 0.25) is 0 Å². The topological polar surface area (TPSA) is 85.1 Å². The number of amides is 1. The Morgan fingerprint density at radius 1 is 1.64 bits per heavy atom. The molecular formula is C8H9N3O3. The number of nitrogens with one attached hydrogen (secondary N) is 1. The number of hydrogen-bond acceptors (Lipinski definition) is 4. The van der Waals surface area contributed by atoms with Gasteiger partial charge in [0.05, 0.1) is 4.92 Å². The van der Waals surface area contributed by atoms with E-state index in [1.165, 1.54) is 12.1 Å². The summed E-state index contributed by atoms with van der Waals surface area (Å²) < 4.78 is 0. The molecule has 0 unspecified atom stereocenters. The summed E-state index contributed by atoms with van der Waals surface area (Å²) in [7, 11) is 0. The molecule has 1 aromatic heterocycles. The Bertz CT molecular complexity index is 347. The molecule has 6 nitrogen and oxygen atoms in total. The summed E-state index contributed by atoms with van der Waals surface area (Å²) in [5.41, 5.74) is 0.0514. The molecule has 1 aromatic rings. The largest absolute Gasteiger partial charge is 0.351 e. The van der Waals surface area contributed by atoms with E-state index in [-0.39, 0.29) is 17.3 Å². The minimum atomic E-state index is -0.561. The van der Waals surface area contributed by atoms with Gasteiger partial charge in [-0.25, -0.2) is 4.98 Å². The lowest BCUT2D eigenvalue weighted by molar-refractivity contribution is -0.385. The molecule has 1 N–H and O–H groups in total. The molecule has 0 aromatic carbocycles. The van der Waals surface area contributed by atoms with Gasteiger partial charge in [-0.15, -0.1) is 0 Å². The Kier molecular flexibility index (Phi) is 3.11. The smallest absolute Gasteiger partial charge is 0.287 e. The normalized spacial score (nSPS) is 9.50. The molecule has 74 valence electrons. The SMILES string of the molecule is CCNC(=O)c1ccc([N+](=O)[O-])cn1. The summed E-state index contributed by atoms with van der Waals surface area (Å²) >= 11 is 0. The van der Waals surface area contributed by atoms with Gasteiger partial charge < -0.3 is 5.32 Å². The van der Waals surface area contributed by atoms with Gasteiger partial charge in [0.2, 0.25) is 0 Å². The fourth-order valence-electron chi connectivity index (χ4n) is 0.879. The van der Waals surface area contributed by atoms with E-state index in [4.69, 9.17) is 0 Å². The molecule has 0 aliphatic heterocycles. The molecule has 0 aliphatic rings. The van der Waals surface area contributed by atoms with Crippen LogP contribution < -0.4 is 5.32 Å². The van der Waals surface area contributed by atoms with E-state index in [1.807, 2.05) is 0 Å². The first-order chi connectivity index (χ1) is 6.65. The minimum Gasteiger partial charge on any atom is -0.351 e. The number of pyridine rings is 1. The summed E-state index contributed by atoms with van der Waals surface area (Å²) in [6.45, 7) is 2.28. The molecular weight excluding hydrogens is 186 g/mol. The molecule has 1 heterocycles. The van der Waals surface area contributed by atoms with Crippen LogP contribution in [0.4, 0.5) is 5.69 Å². The van der Waals surface area contributed by atoms with Gasteiger partial charge >= 0.3 is 0 Å². The highest BCUT2D eigenvalue weighted by molar-refractivity contribution is 5.92. The standard InChI is InChI=1S/C8H9N3O3/c1-2-9-8(12)7-4-3-6(5-10-7)11(13)14/h3-5H,2H2,1H3,(H,9,12). The Labute approximate surface area is 80.1 Å². The van der Waals surface area contributed by atoms with Crippen LogP contribution in [0, 0.1) is 10.1 Å². The number of aromatic nitrogens is 1. The van der Waals surface area contributed by atoms with Crippen molar-refractivity contribution in [1.82, 2.24) is 10.3 Å². The summed E-state index contributed by atoms with van der Waals surface area (Å²) in [4.78, 5) is 24.6. The van der Waals surface area contributed by atoms with E-state index < -0.39 is 4.92 Å². The summed E-state index contributed by atoms with van der Waals surface area (Å²) in [6.07, 6.45) is 1.06. The Balaban J connectivity index is 2.83. The van der Waals surface area contributed by atoms with Gasteiger partial charge in [0, 0.05) is 12.6 Å². The van der Waals surface area contributed by atoms with Crippen molar-refractivity contribution in [3.05, 3.63) is 34.1 Å². The van der Waals surface area contributed by atoms with Crippen molar-refractivity contribution >= 4 is 11.6 Å².